The Morgan fingerprint density at radius 3 is 2.44 bits per heavy atom. The number of nitrogens with zero attached hydrogens (tertiary/aromatic N) is 3. The van der Waals surface area contributed by atoms with Gasteiger partial charge in [-0.25, -0.2) is 8.42 Å². The summed E-state index contributed by atoms with van der Waals surface area (Å²) < 4.78 is 30.3. The molecule has 0 saturated heterocycles. The van der Waals surface area contributed by atoms with Gasteiger partial charge in [0.05, 0.1) is 11.2 Å². The van der Waals surface area contributed by atoms with E-state index >= 15 is 0 Å². The molecule has 41 heavy (non-hydrogen) atoms. The molecule has 4 N–H and O–H groups in total. The largest absolute Gasteiger partial charge is 0.480 e. The zero-order valence-corrected chi connectivity index (χ0v) is 23.4. The van der Waals surface area contributed by atoms with Crippen LogP contribution in [-0.2, 0) is 28.3 Å². The SMILES string of the molecule is Cl.Cn1cc(C(=O)Cc2ccc(C(=N)N)cc2)c2cc(N(CC(=O)O)S(=O)(=O)c3cccc4cccnc34)ccc21. The molecular formula is C29H26ClN5O5S. The van der Waals surface area contributed by atoms with Crippen LogP contribution in [0, 0.1) is 5.41 Å². The summed E-state index contributed by atoms with van der Waals surface area (Å²) in [6, 6.07) is 19.6. The molecule has 2 heterocycles. The minimum atomic E-state index is -4.36. The Morgan fingerprint density at radius 2 is 1.76 bits per heavy atom. The Bertz CT molecular complexity index is 1910. The van der Waals surface area contributed by atoms with Gasteiger partial charge in [0.15, 0.2) is 5.78 Å². The van der Waals surface area contributed by atoms with Crippen molar-refractivity contribution in [3.63, 3.8) is 0 Å². The molecule has 12 heteroatoms. The summed E-state index contributed by atoms with van der Waals surface area (Å²) in [6.07, 6.45) is 3.22. The first-order chi connectivity index (χ1) is 19.1. The number of aliphatic carboxylic acids is 1. The number of nitrogens with two attached hydrogens (primary N) is 1. The van der Waals surface area contributed by atoms with Gasteiger partial charge in [-0.1, -0.05) is 42.5 Å². The summed E-state index contributed by atoms with van der Waals surface area (Å²) in [7, 11) is -2.59. The van der Waals surface area contributed by atoms with Gasteiger partial charge >= 0.3 is 5.97 Å². The van der Waals surface area contributed by atoms with E-state index in [0.717, 1.165) is 9.87 Å². The number of aryl methyl sites for hydroxylation is 1. The minimum Gasteiger partial charge on any atom is -0.480 e. The molecule has 0 unspecified atom stereocenters. The summed E-state index contributed by atoms with van der Waals surface area (Å²) in [5.74, 6) is -1.61. The standard InChI is InChI=1S/C29H25N5O5S.ClH/c1-33-16-23(25(35)14-18-7-9-20(10-8-18)29(30)31)22-15-21(11-12-24(22)33)34(17-27(36)37)40(38,39)26-6-2-4-19-5-3-13-32-28(19)26;/h2-13,15-16H,14,17H2,1H3,(H3,30,31)(H,36,37);1H. The maximum atomic E-state index is 13.9. The van der Waals surface area contributed by atoms with Crippen LogP contribution in [-0.4, -0.2) is 47.2 Å². The zero-order chi connectivity index (χ0) is 28.6. The van der Waals surface area contributed by atoms with Crippen molar-refractivity contribution in [3.8, 4) is 0 Å². The number of carbonyl (C=O) groups excluding carboxylic acids is 1. The first kappa shape index (κ1) is 29.2. The minimum absolute atomic E-state index is 0. The number of halogens is 1. The molecule has 210 valence electrons. The van der Waals surface area contributed by atoms with Crippen molar-refractivity contribution in [2.24, 2.45) is 12.8 Å². The van der Waals surface area contributed by atoms with E-state index in [1.54, 1.807) is 72.4 Å². The van der Waals surface area contributed by atoms with Crippen molar-refractivity contribution < 1.29 is 23.1 Å². The number of pyridine rings is 1. The molecule has 0 amide bonds. The average Bonchev–Trinajstić information content (AvgIpc) is 3.27. The van der Waals surface area contributed by atoms with Crippen molar-refractivity contribution in [1.29, 1.82) is 5.41 Å². The molecule has 2 aromatic heterocycles. The predicted octanol–water partition coefficient (Wildman–Crippen LogP) is 4.14. The lowest BCUT2D eigenvalue weighted by atomic mass is 10.0. The molecule has 0 radical (unpaired) electrons. The Kier molecular flexibility index (Phi) is 8.13. The molecule has 0 aliphatic carbocycles. The van der Waals surface area contributed by atoms with Crippen LogP contribution in [0.15, 0.2) is 90.1 Å². The number of hydrogen-bond acceptors (Lipinski definition) is 6. The number of ketones is 1. The van der Waals surface area contributed by atoms with Crippen LogP contribution >= 0.6 is 12.4 Å². The summed E-state index contributed by atoms with van der Waals surface area (Å²) in [6.45, 7) is -0.824. The highest BCUT2D eigenvalue weighted by Crippen LogP contribution is 2.32. The van der Waals surface area contributed by atoms with Crippen molar-refractivity contribution in [2.75, 3.05) is 10.8 Å². The van der Waals surface area contributed by atoms with Crippen molar-refractivity contribution in [2.45, 2.75) is 11.3 Å². The van der Waals surface area contributed by atoms with E-state index in [1.807, 2.05) is 0 Å². The zero-order valence-electron chi connectivity index (χ0n) is 21.8. The van der Waals surface area contributed by atoms with Gasteiger partial charge in [-0.15, -0.1) is 12.4 Å². The number of Topliss-reactive ketones (excluding diaryl/α,β-unsaturated/α-hetero) is 1. The molecule has 0 spiro atoms. The fraction of sp³-hybridized carbons (Fsp3) is 0.103. The average molecular weight is 592 g/mol. The smallest absolute Gasteiger partial charge is 0.324 e. The van der Waals surface area contributed by atoms with Gasteiger partial charge in [-0.05, 0) is 35.9 Å². The number of amidine groups is 1. The number of benzene rings is 3. The molecule has 5 rings (SSSR count). The molecule has 0 aliphatic rings. The van der Waals surface area contributed by atoms with Crippen LogP contribution < -0.4 is 10.0 Å². The van der Waals surface area contributed by atoms with Gasteiger partial charge in [0, 0.05) is 53.3 Å². The second-order valence-corrected chi connectivity index (χ2v) is 11.1. The first-order valence-electron chi connectivity index (χ1n) is 12.2. The summed E-state index contributed by atoms with van der Waals surface area (Å²) in [4.78, 5) is 29.3. The maximum Gasteiger partial charge on any atom is 0.324 e. The summed E-state index contributed by atoms with van der Waals surface area (Å²) in [5, 5.41) is 18.3. The second kappa shape index (κ2) is 11.4. The monoisotopic (exact) mass is 591 g/mol. The van der Waals surface area contributed by atoms with E-state index in [0.29, 0.717) is 27.4 Å². The highest BCUT2D eigenvalue weighted by atomic mass is 35.5. The lowest BCUT2D eigenvalue weighted by Crippen LogP contribution is -2.36. The van der Waals surface area contributed by atoms with E-state index in [4.69, 9.17) is 11.1 Å². The number of rotatable bonds is 9. The van der Waals surface area contributed by atoms with Crippen LogP contribution in [0.3, 0.4) is 0 Å². The number of sulfonamides is 1. The van der Waals surface area contributed by atoms with Gasteiger partial charge in [-0.3, -0.25) is 24.3 Å². The Labute approximate surface area is 242 Å². The third kappa shape index (κ3) is 5.63. The van der Waals surface area contributed by atoms with E-state index in [2.05, 4.69) is 4.98 Å². The number of hydrogen-bond donors (Lipinski definition) is 3. The Hall–Kier alpha value is -4.74. The van der Waals surface area contributed by atoms with Crippen LogP contribution in [0.25, 0.3) is 21.8 Å². The van der Waals surface area contributed by atoms with Gasteiger partial charge in [0.25, 0.3) is 10.0 Å². The van der Waals surface area contributed by atoms with Gasteiger partial charge < -0.3 is 15.4 Å². The number of nitrogens with one attached hydrogen (secondary N) is 1. The van der Waals surface area contributed by atoms with Gasteiger partial charge in [-0.2, -0.15) is 0 Å². The quantitative estimate of drug-likeness (QED) is 0.132. The van der Waals surface area contributed by atoms with Crippen LogP contribution in [0.1, 0.15) is 21.5 Å². The van der Waals surface area contributed by atoms with Crippen LogP contribution in [0.5, 0.6) is 0 Å². The van der Waals surface area contributed by atoms with E-state index in [9.17, 15) is 23.1 Å². The second-order valence-electron chi connectivity index (χ2n) is 9.30. The summed E-state index contributed by atoms with van der Waals surface area (Å²) >= 11 is 0. The van der Waals surface area contributed by atoms with Crippen molar-refractivity contribution >= 4 is 67.5 Å². The molecule has 10 nitrogen and oxygen atoms in total. The number of carboxylic acids is 1. The predicted molar refractivity (Wildman–Crippen MR) is 160 cm³/mol. The number of fused-ring (bicyclic) bond motifs is 2. The Balaban J connectivity index is 0.00000387. The first-order valence-corrected chi connectivity index (χ1v) is 13.6. The molecule has 0 atom stereocenters. The fourth-order valence-electron chi connectivity index (χ4n) is 4.68. The topological polar surface area (TPSA) is 159 Å². The van der Waals surface area contributed by atoms with Crippen molar-refractivity contribution in [1.82, 2.24) is 9.55 Å². The van der Waals surface area contributed by atoms with Gasteiger partial charge in [0.1, 0.15) is 17.3 Å². The highest BCUT2D eigenvalue weighted by molar-refractivity contribution is 7.93. The van der Waals surface area contributed by atoms with E-state index in [-0.39, 0.29) is 46.5 Å². The number of carbonyl (C=O) groups is 2. The molecule has 3 aromatic carbocycles. The molecule has 0 bridgehead atoms. The number of carboxylic acid groups (broad SMARTS) is 1. The Morgan fingerprint density at radius 1 is 1.05 bits per heavy atom. The fourth-order valence-corrected chi connectivity index (χ4v) is 6.26. The number of anilines is 1. The lowest BCUT2D eigenvalue weighted by molar-refractivity contribution is -0.135. The summed E-state index contributed by atoms with van der Waals surface area (Å²) in [5.41, 5.74) is 8.17. The number of nitrogen functional groups attached to an aromatic ring is 1. The van der Waals surface area contributed by atoms with Gasteiger partial charge in [0.2, 0.25) is 0 Å². The van der Waals surface area contributed by atoms with Crippen LogP contribution in [0.4, 0.5) is 5.69 Å². The lowest BCUT2D eigenvalue weighted by Gasteiger charge is -2.23. The molecule has 5 aromatic rings. The molecule has 0 fully saturated rings. The normalized spacial score (nSPS) is 11.2. The third-order valence-electron chi connectivity index (χ3n) is 6.63. The molecule has 0 saturated carbocycles. The van der Waals surface area contributed by atoms with Crippen LogP contribution in [0.2, 0.25) is 0 Å². The number of aromatic nitrogens is 2. The van der Waals surface area contributed by atoms with E-state index in [1.165, 1.54) is 24.4 Å². The molecular weight excluding hydrogens is 566 g/mol. The maximum absolute atomic E-state index is 13.9. The van der Waals surface area contributed by atoms with Crippen molar-refractivity contribution in [3.05, 3.63) is 102 Å². The number of para-hydroxylation sites is 1. The third-order valence-corrected chi connectivity index (χ3v) is 8.44. The highest BCUT2D eigenvalue weighted by Gasteiger charge is 2.30. The van der Waals surface area contributed by atoms with E-state index < -0.39 is 22.5 Å². The molecule has 0 aliphatic heterocycles.